The highest BCUT2D eigenvalue weighted by Gasteiger charge is 2.49. The van der Waals surface area contributed by atoms with Crippen LogP contribution in [0.1, 0.15) is 34.1 Å². The summed E-state index contributed by atoms with van der Waals surface area (Å²) in [6.45, 7) is 6.11. The Morgan fingerprint density at radius 2 is 1.58 bits per heavy atom. The van der Waals surface area contributed by atoms with E-state index in [4.69, 9.17) is 59.2 Å². The van der Waals surface area contributed by atoms with Crippen molar-refractivity contribution in [1.29, 1.82) is 5.41 Å². The molecule has 0 aromatic heterocycles. The summed E-state index contributed by atoms with van der Waals surface area (Å²) in [5, 5.41) is 7.68. The van der Waals surface area contributed by atoms with E-state index in [-0.39, 0.29) is 12.0 Å². The van der Waals surface area contributed by atoms with E-state index in [1.54, 1.807) is 6.92 Å². The van der Waals surface area contributed by atoms with Crippen LogP contribution in [0.4, 0.5) is 0 Å². The quantitative estimate of drug-likeness (QED) is 0.335. The lowest BCUT2D eigenvalue weighted by atomic mass is 9.89. The molecule has 1 aliphatic rings. The third kappa shape index (κ3) is 5.65. The molecule has 0 aliphatic carbocycles. The summed E-state index contributed by atoms with van der Waals surface area (Å²) in [5.74, 6) is -2.14. The Kier molecular flexibility index (Phi) is 7.59. The molecule has 24 heavy (non-hydrogen) atoms. The lowest BCUT2D eigenvalue weighted by Crippen LogP contribution is -2.58. The molecule has 0 spiro atoms. The van der Waals surface area contributed by atoms with Gasteiger partial charge in [-0.05, 0) is 6.42 Å². The van der Waals surface area contributed by atoms with E-state index in [2.05, 4.69) is 0 Å². The molecule has 0 radical (unpaired) electrons. The Labute approximate surface area is 155 Å². The normalized spacial score (nSPS) is 30.4. The lowest BCUT2D eigenvalue weighted by Gasteiger charge is -2.44. The first kappa shape index (κ1) is 21.3. The number of ether oxygens (including phenoxy) is 4. The summed E-state index contributed by atoms with van der Waals surface area (Å²) in [7, 11) is 0. The van der Waals surface area contributed by atoms with E-state index in [0.29, 0.717) is 6.42 Å². The molecule has 1 saturated heterocycles. The zero-order valence-corrected chi connectivity index (χ0v) is 15.9. The Morgan fingerprint density at radius 3 is 2.00 bits per heavy atom. The van der Waals surface area contributed by atoms with E-state index in [1.807, 2.05) is 6.92 Å². The predicted molar refractivity (Wildman–Crippen MR) is 88.3 cm³/mol. The van der Waals surface area contributed by atoms with Crippen LogP contribution in [0.5, 0.6) is 0 Å². The number of alkyl halides is 3. The van der Waals surface area contributed by atoms with E-state index in [0.717, 1.165) is 0 Å². The maximum absolute atomic E-state index is 11.4. The van der Waals surface area contributed by atoms with Crippen molar-refractivity contribution >= 4 is 52.6 Å². The molecule has 0 saturated carbocycles. The SMILES string of the molecule is CC[C@H]1O[C@H](OC(=N)C(Cl)(Cl)Cl)[C@H](OC(C)=O)[C@@H](OC(C)=O)[C@H]1C. The molecular formula is C14H20Cl3NO6. The minimum absolute atomic E-state index is 0.273. The monoisotopic (exact) mass is 403 g/mol. The van der Waals surface area contributed by atoms with Gasteiger partial charge in [-0.15, -0.1) is 0 Å². The van der Waals surface area contributed by atoms with E-state index < -0.39 is 40.1 Å². The summed E-state index contributed by atoms with van der Waals surface area (Å²) in [6.07, 6.45) is -2.96. The fourth-order valence-electron chi connectivity index (χ4n) is 2.47. The molecule has 1 heterocycles. The highest BCUT2D eigenvalue weighted by molar-refractivity contribution is 6.76. The summed E-state index contributed by atoms with van der Waals surface area (Å²) >= 11 is 16.8. The van der Waals surface area contributed by atoms with Gasteiger partial charge in [-0.3, -0.25) is 15.0 Å². The second kappa shape index (κ2) is 8.56. The number of esters is 2. The number of hydrogen-bond acceptors (Lipinski definition) is 7. The van der Waals surface area contributed by atoms with Crippen molar-refractivity contribution in [3.8, 4) is 0 Å². The Hall–Kier alpha value is -0.760. The molecule has 138 valence electrons. The fourth-order valence-corrected chi connectivity index (χ4v) is 2.60. The maximum atomic E-state index is 11.4. The first-order chi connectivity index (χ1) is 11.0. The van der Waals surface area contributed by atoms with E-state index in [9.17, 15) is 9.59 Å². The minimum Gasteiger partial charge on any atom is -0.458 e. The van der Waals surface area contributed by atoms with Crippen LogP contribution in [0.2, 0.25) is 0 Å². The largest absolute Gasteiger partial charge is 0.458 e. The van der Waals surface area contributed by atoms with Crippen molar-refractivity contribution < 1.29 is 28.5 Å². The summed E-state index contributed by atoms with van der Waals surface area (Å²) < 4.78 is 19.4. The number of carbonyl (C=O) groups is 2. The van der Waals surface area contributed by atoms with Crippen LogP contribution in [0.3, 0.4) is 0 Å². The zero-order chi connectivity index (χ0) is 18.7. The molecule has 5 atom stereocenters. The molecule has 1 fully saturated rings. The summed E-state index contributed by atoms with van der Waals surface area (Å²) in [5.41, 5.74) is 0. The van der Waals surface area contributed by atoms with Crippen LogP contribution in [0.25, 0.3) is 0 Å². The molecule has 0 bridgehead atoms. The molecule has 0 aromatic carbocycles. The summed E-state index contributed by atoms with van der Waals surface area (Å²) in [6, 6.07) is 0. The Morgan fingerprint density at radius 1 is 1.08 bits per heavy atom. The summed E-state index contributed by atoms with van der Waals surface area (Å²) in [4.78, 5) is 22.8. The van der Waals surface area contributed by atoms with Gasteiger partial charge in [0.25, 0.3) is 3.79 Å². The predicted octanol–water partition coefficient (Wildman–Crippen LogP) is 2.98. The zero-order valence-electron chi connectivity index (χ0n) is 13.7. The Bertz CT molecular complexity index is 495. The van der Waals surface area contributed by atoms with Gasteiger partial charge in [0.1, 0.15) is 6.10 Å². The highest BCUT2D eigenvalue weighted by Crippen LogP contribution is 2.35. The second-order valence-electron chi connectivity index (χ2n) is 5.40. The molecule has 1 rings (SSSR count). The standard InChI is InChI=1S/C14H20Cl3NO6/c1-5-9-6(2)10(21-7(3)19)11(22-8(4)20)12(23-9)24-13(18)14(15,16)17/h6,9-12,18H,5H2,1-4H3/t6-,9+,10-,11+,12+/m0/s1. The van der Waals surface area contributed by atoms with Crippen molar-refractivity contribution in [3.63, 3.8) is 0 Å². The third-order valence-electron chi connectivity index (χ3n) is 3.50. The van der Waals surface area contributed by atoms with Crippen LogP contribution >= 0.6 is 34.8 Å². The molecule has 1 aliphatic heterocycles. The number of rotatable bonds is 4. The van der Waals surface area contributed by atoms with Gasteiger partial charge in [0.2, 0.25) is 18.3 Å². The fraction of sp³-hybridized carbons (Fsp3) is 0.786. The molecule has 0 unspecified atom stereocenters. The van der Waals surface area contributed by atoms with Gasteiger partial charge in [-0.1, -0.05) is 48.7 Å². The van der Waals surface area contributed by atoms with Crippen LogP contribution in [-0.2, 0) is 28.5 Å². The first-order valence-corrected chi connectivity index (χ1v) is 8.43. The smallest absolute Gasteiger partial charge is 0.303 e. The minimum atomic E-state index is -2.11. The molecular weight excluding hydrogens is 385 g/mol. The van der Waals surface area contributed by atoms with Gasteiger partial charge in [-0.25, -0.2) is 0 Å². The van der Waals surface area contributed by atoms with Gasteiger partial charge in [0.05, 0.1) is 6.10 Å². The first-order valence-electron chi connectivity index (χ1n) is 7.29. The third-order valence-corrected chi connectivity index (χ3v) is 4.02. The van der Waals surface area contributed by atoms with Gasteiger partial charge in [-0.2, -0.15) is 0 Å². The second-order valence-corrected chi connectivity index (χ2v) is 7.68. The van der Waals surface area contributed by atoms with Crippen LogP contribution in [0, 0.1) is 11.3 Å². The maximum Gasteiger partial charge on any atom is 0.303 e. The van der Waals surface area contributed by atoms with Gasteiger partial charge < -0.3 is 18.9 Å². The average Bonchev–Trinajstić information content (AvgIpc) is 2.43. The molecule has 7 nitrogen and oxygen atoms in total. The van der Waals surface area contributed by atoms with E-state index >= 15 is 0 Å². The van der Waals surface area contributed by atoms with Crippen LogP contribution in [0.15, 0.2) is 0 Å². The van der Waals surface area contributed by atoms with Gasteiger partial charge >= 0.3 is 11.9 Å². The number of carbonyl (C=O) groups excluding carboxylic acids is 2. The number of hydrogen-bond donors (Lipinski definition) is 1. The van der Waals surface area contributed by atoms with Crippen molar-refractivity contribution in [2.24, 2.45) is 5.92 Å². The van der Waals surface area contributed by atoms with Crippen molar-refractivity contribution in [1.82, 2.24) is 0 Å². The van der Waals surface area contributed by atoms with Crippen molar-refractivity contribution in [2.45, 2.75) is 62.5 Å². The lowest BCUT2D eigenvalue weighted by molar-refractivity contribution is -0.270. The van der Waals surface area contributed by atoms with Crippen molar-refractivity contribution in [2.75, 3.05) is 0 Å². The van der Waals surface area contributed by atoms with Crippen LogP contribution < -0.4 is 0 Å². The van der Waals surface area contributed by atoms with Gasteiger partial charge in [0, 0.05) is 19.8 Å². The highest BCUT2D eigenvalue weighted by atomic mass is 35.6. The average molecular weight is 405 g/mol. The van der Waals surface area contributed by atoms with Crippen molar-refractivity contribution in [3.05, 3.63) is 0 Å². The number of halogens is 3. The topological polar surface area (TPSA) is 94.9 Å². The molecule has 0 aromatic rings. The van der Waals surface area contributed by atoms with E-state index in [1.165, 1.54) is 13.8 Å². The molecule has 10 heteroatoms. The number of nitrogens with one attached hydrogen (secondary N) is 1. The molecule has 1 N–H and O–H groups in total. The Balaban J connectivity index is 3.12. The van der Waals surface area contributed by atoms with Crippen LogP contribution in [-0.4, -0.2) is 46.2 Å². The molecule has 0 amide bonds. The van der Waals surface area contributed by atoms with Gasteiger partial charge in [0.15, 0.2) is 0 Å².